The van der Waals surface area contributed by atoms with Crippen LogP contribution in [0.1, 0.15) is 55.8 Å². The minimum absolute atomic E-state index is 0.120. The highest BCUT2D eigenvalue weighted by atomic mass is 16.3. The zero-order chi connectivity index (χ0) is 12.0. The first-order valence-electron chi connectivity index (χ1n) is 5.79. The van der Waals surface area contributed by atoms with Gasteiger partial charge < -0.3 is 10.2 Å². The summed E-state index contributed by atoms with van der Waals surface area (Å²) >= 11 is 0. The Bertz CT molecular complexity index is 344. The second kappa shape index (κ2) is 6.20. The Kier molecular flexibility index (Phi) is 4.89. The Balaban J connectivity index is 2.33. The molecule has 0 fully saturated rings. The van der Waals surface area contributed by atoms with E-state index in [0.717, 1.165) is 19.3 Å². The van der Waals surface area contributed by atoms with Crippen LogP contribution in [0.5, 0.6) is 11.8 Å². The average Bonchev–Trinajstić information content (AvgIpc) is 2.57. The summed E-state index contributed by atoms with van der Waals surface area (Å²) in [6.45, 7) is 2.14. The van der Waals surface area contributed by atoms with Gasteiger partial charge in [-0.3, -0.25) is 9.78 Å². The maximum atomic E-state index is 11.6. The van der Waals surface area contributed by atoms with E-state index in [-0.39, 0.29) is 23.1 Å². The van der Waals surface area contributed by atoms with Crippen LogP contribution in [0.4, 0.5) is 0 Å². The summed E-state index contributed by atoms with van der Waals surface area (Å²) in [7, 11) is 0. The largest absolute Gasteiger partial charge is 0.494 e. The summed E-state index contributed by atoms with van der Waals surface area (Å²) in [6.07, 6.45) is 5.83. The Labute approximate surface area is 95.3 Å². The van der Waals surface area contributed by atoms with Gasteiger partial charge >= 0.3 is 0 Å². The van der Waals surface area contributed by atoms with E-state index < -0.39 is 0 Å². The van der Waals surface area contributed by atoms with Crippen molar-refractivity contribution in [2.75, 3.05) is 0 Å². The number of carbonyl (C=O) groups excluding carboxylic acids is 1. The fourth-order valence-electron chi connectivity index (χ4n) is 1.67. The predicted octanol–water partition coefficient (Wildman–Crippen LogP) is 2.97. The Morgan fingerprint density at radius 2 is 1.94 bits per heavy atom. The lowest BCUT2D eigenvalue weighted by atomic mass is 10.1. The van der Waals surface area contributed by atoms with Crippen molar-refractivity contribution in [2.24, 2.45) is 0 Å². The summed E-state index contributed by atoms with van der Waals surface area (Å²) in [5.41, 5.74) is 0.188. The first-order valence-corrected chi connectivity index (χ1v) is 5.79. The van der Waals surface area contributed by atoms with Crippen molar-refractivity contribution < 1.29 is 15.0 Å². The van der Waals surface area contributed by atoms with Gasteiger partial charge in [0.25, 0.3) is 0 Å². The fourth-order valence-corrected chi connectivity index (χ4v) is 1.67. The maximum Gasteiger partial charge on any atom is 0.202 e. The third-order valence-corrected chi connectivity index (χ3v) is 2.59. The second-order valence-corrected chi connectivity index (χ2v) is 4.00. The zero-order valence-electron chi connectivity index (χ0n) is 9.62. The van der Waals surface area contributed by atoms with Gasteiger partial charge in [-0.25, -0.2) is 0 Å². The van der Waals surface area contributed by atoms with Crippen molar-refractivity contribution in [3.05, 3.63) is 11.6 Å². The number of rotatable bonds is 7. The van der Waals surface area contributed by atoms with Gasteiger partial charge in [0.1, 0.15) is 0 Å². The Hall–Kier alpha value is -1.45. The number of hydrogen-bond donors (Lipinski definition) is 3. The molecule has 0 bridgehead atoms. The number of carbonyl (C=O) groups is 1. The standard InChI is InChI=1S/C12H19NO3/c1-2-3-4-5-6-7-10(14)9-8-11(15)13-12(9)16/h8,13,15-16H,2-7H2,1H3. The second-order valence-electron chi connectivity index (χ2n) is 4.00. The molecular formula is C12H19NO3. The summed E-state index contributed by atoms with van der Waals surface area (Å²) in [4.78, 5) is 13.9. The number of aromatic hydroxyl groups is 2. The van der Waals surface area contributed by atoms with Crippen molar-refractivity contribution >= 4 is 5.78 Å². The van der Waals surface area contributed by atoms with Crippen LogP contribution in [0, 0.1) is 0 Å². The summed E-state index contributed by atoms with van der Waals surface area (Å²) in [5, 5.41) is 18.4. The molecule has 1 aromatic heterocycles. The lowest BCUT2D eigenvalue weighted by Crippen LogP contribution is -1.97. The molecule has 0 amide bonds. The van der Waals surface area contributed by atoms with E-state index in [9.17, 15) is 9.90 Å². The molecular weight excluding hydrogens is 206 g/mol. The lowest BCUT2D eigenvalue weighted by Gasteiger charge is -1.99. The number of hydrogen-bond acceptors (Lipinski definition) is 3. The molecule has 0 aliphatic heterocycles. The van der Waals surface area contributed by atoms with Crippen LogP contribution in [0.2, 0.25) is 0 Å². The minimum atomic E-state index is -0.240. The van der Waals surface area contributed by atoms with Gasteiger partial charge in [0.2, 0.25) is 5.88 Å². The fraction of sp³-hybridized carbons (Fsp3) is 0.583. The average molecular weight is 225 g/mol. The number of aromatic nitrogens is 1. The molecule has 0 spiro atoms. The molecule has 4 heteroatoms. The monoisotopic (exact) mass is 225 g/mol. The molecule has 1 heterocycles. The SMILES string of the molecule is CCCCCCCC(=O)c1cc(O)[nH]c1O. The molecule has 0 saturated heterocycles. The van der Waals surface area contributed by atoms with E-state index in [1.165, 1.54) is 18.9 Å². The molecule has 0 atom stereocenters. The molecule has 0 aliphatic carbocycles. The minimum Gasteiger partial charge on any atom is -0.494 e. The van der Waals surface area contributed by atoms with Gasteiger partial charge in [0, 0.05) is 12.5 Å². The molecule has 0 aliphatic rings. The summed E-state index contributed by atoms with van der Waals surface area (Å²) in [6, 6.07) is 1.27. The van der Waals surface area contributed by atoms with Crippen molar-refractivity contribution in [1.82, 2.24) is 4.98 Å². The predicted molar refractivity (Wildman–Crippen MR) is 61.8 cm³/mol. The van der Waals surface area contributed by atoms with Crippen LogP contribution >= 0.6 is 0 Å². The van der Waals surface area contributed by atoms with E-state index in [2.05, 4.69) is 11.9 Å². The van der Waals surface area contributed by atoms with Gasteiger partial charge in [0.05, 0.1) is 5.56 Å². The van der Waals surface area contributed by atoms with Crippen LogP contribution in [-0.4, -0.2) is 21.0 Å². The Morgan fingerprint density at radius 3 is 2.50 bits per heavy atom. The van der Waals surface area contributed by atoms with E-state index in [1.807, 2.05) is 0 Å². The van der Waals surface area contributed by atoms with Crippen LogP contribution in [0.15, 0.2) is 6.07 Å². The normalized spacial score (nSPS) is 10.6. The lowest BCUT2D eigenvalue weighted by molar-refractivity contribution is 0.0976. The third-order valence-electron chi connectivity index (χ3n) is 2.59. The molecule has 3 N–H and O–H groups in total. The van der Waals surface area contributed by atoms with E-state index in [1.54, 1.807) is 0 Å². The number of aromatic amines is 1. The van der Waals surface area contributed by atoms with Gasteiger partial charge in [-0.2, -0.15) is 0 Å². The number of nitrogens with one attached hydrogen (secondary N) is 1. The highest BCUT2D eigenvalue weighted by molar-refractivity contribution is 5.98. The summed E-state index contributed by atoms with van der Waals surface area (Å²) in [5.74, 6) is -0.534. The molecule has 1 aromatic rings. The van der Waals surface area contributed by atoms with Crippen molar-refractivity contribution in [2.45, 2.75) is 45.4 Å². The molecule has 0 radical (unpaired) electrons. The molecule has 4 nitrogen and oxygen atoms in total. The number of ketones is 1. The van der Waals surface area contributed by atoms with E-state index in [4.69, 9.17) is 5.11 Å². The number of Topliss-reactive ketones (excluding diaryl/α,β-unsaturated/α-hetero) is 1. The third kappa shape index (κ3) is 3.61. The van der Waals surface area contributed by atoms with Gasteiger partial charge in [0.15, 0.2) is 11.7 Å². The smallest absolute Gasteiger partial charge is 0.202 e. The van der Waals surface area contributed by atoms with Crippen molar-refractivity contribution in [1.29, 1.82) is 0 Å². The van der Waals surface area contributed by atoms with Crippen molar-refractivity contribution in [3.63, 3.8) is 0 Å². The quantitative estimate of drug-likeness (QED) is 0.493. The van der Waals surface area contributed by atoms with E-state index in [0.29, 0.717) is 6.42 Å². The van der Waals surface area contributed by atoms with E-state index >= 15 is 0 Å². The van der Waals surface area contributed by atoms with Crippen LogP contribution in [0.3, 0.4) is 0 Å². The number of H-pyrrole nitrogens is 1. The molecule has 1 rings (SSSR count). The van der Waals surface area contributed by atoms with Crippen molar-refractivity contribution in [3.8, 4) is 11.8 Å². The van der Waals surface area contributed by atoms with Gasteiger partial charge in [-0.05, 0) is 6.42 Å². The van der Waals surface area contributed by atoms with Gasteiger partial charge in [-0.1, -0.05) is 32.6 Å². The van der Waals surface area contributed by atoms with Gasteiger partial charge in [-0.15, -0.1) is 0 Å². The number of unbranched alkanes of at least 4 members (excludes halogenated alkanes) is 4. The molecule has 0 unspecified atom stereocenters. The molecule has 0 saturated carbocycles. The highest BCUT2D eigenvalue weighted by Gasteiger charge is 2.14. The molecule has 90 valence electrons. The Morgan fingerprint density at radius 1 is 1.25 bits per heavy atom. The zero-order valence-corrected chi connectivity index (χ0v) is 9.62. The first kappa shape index (κ1) is 12.6. The summed E-state index contributed by atoms with van der Waals surface area (Å²) < 4.78 is 0. The van der Waals surface area contributed by atoms with Crippen LogP contribution in [-0.2, 0) is 0 Å². The maximum absolute atomic E-state index is 11.6. The first-order chi connectivity index (χ1) is 7.65. The van der Waals surface area contributed by atoms with Crippen LogP contribution in [0.25, 0.3) is 0 Å². The topological polar surface area (TPSA) is 73.3 Å². The van der Waals surface area contributed by atoms with Crippen LogP contribution < -0.4 is 0 Å². The highest BCUT2D eigenvalue weighted by Crippen LogP contribution is 2.23. The molecule has 16 heavy (non-hydrogen) atoms. The molecule has 0 aromatic carbocycles.